The van der Waals surface area contributed by atoms with Crippen molar-refractivity contribution >= 4 is 11.8 Å². The molecular weight excluding hydrogens is 226 g/mol. The fraction of sp³-hybridized carbons (Fsp3) is 0.222. The van der Waals surface area contributed by atoms with Crippen LogP contribution in [0.15, 0.2) is 16.8 Å². The standard InChI is InChI=1S/C9H9N5O3/c1-5-12-7(14-17-5)4-10-8-6(9(15)16)2-3-11-13-8/h2-3H,4H2,1H3,(H,10,13)(H,15,16). The normalized spacial score (nSPS) is 10.2. The highest BCUT2D eigenvalue weighted by Gasteiger charge is 2.11. The molecule has 88 valence electrons. The molecule has 2 aromatic heterocycles. The molecule has 0 aromatic carbocycles. The summed E-state index contributed by atoms with van der Waals surface area (Å²) in [6, 6.07) is 1.36. The van der Waals surface area contributed by atoms with Gasteiger partial charge >= 0.3 is 5.97 Å². The van der Waals surface area contributed by atoms with E-state index in [4.69, 9.17) is 9.63 Å². The number of hydrogen-bond donors (Lipinski definition) is 2. The highest BCUT2D eigenvalue weighted by atomic mass is 16.5. The molecule has 0 saturated carbocycles. The minimum absolute atomic E-state index is 0.0419. The molecule has 0 aliphatic rings. The van der Waals surface area contributed by atoms with Gasteiger partial charge in [0.1, 0.15) is 5.56 Å². The molecule has 0 fully saturated rings. The summed E-state index contributed by atoms with van der Waals surface area (Å²) >= 11 is 0. The minimum atomic E-state index is -1.08. The molecule has 0 spiro atoms. The molecule has 8 heteroatoms. The topological polar surface area (TPSA) is 114 Å². The third-order valence-corrected chi connectivity index (χ3v) is 1.93. The summed E-state index contributed by atoms with van der Waals surface area (Å²) < 4.78 is 4.78. The fourth-order valence-corrected chi connectivity index (χ4v) is 1.21. The van der Waals surface area contributed by atoms with Gasteiger partial charge in [-0.1, -0.05) is 5.16 Å². The summed E-state index contributed by atoms with van der Waals surface area (Å²) in [7, 11) is 0. The molecule has 0 aliphatic carbocycles. The number of hydrogen-bond acceptors (Lipinski definition) is 7. The Morgan fingerprint density at radius 3 is 3.06 bits per heavy atom. The number of aromatic carboxylic acids is 1. The quantitative estimate of drug-likeness (QED) is 0.786. The predicted molar refractivity (Wildman–Crippen MR) is 55.4 cm³/mol. The van der Waals surface area contributed by atoms with Crippen molar-refractivity contribution in [3.8, 4) is 0 Å². The van der Waals surface area contributed by atoms with E-state index in [0.717, 1.165) is 0 Å². The zero-order chi connectivity index (χ0) is 12.3. The number of aryl methyl sites for hydroxylation is 1. The molecule has 0 amide bonds. The molecule has 0 atom stereocenters. The van der Waals surface area contributed by atoms with Gasteiger partial charge < -0.3 is 14.9 Å². The summed E-state index contributed by atoms with van der Waals surface area (Å²) in [5.74, 6) is -0.0435. The van der Waals surface area contributed by atoms with E-state index in [9.17, 15) is 4.79 Å². The number of carboxylic acid groups (broad SMARTS) is 1. The lowest BCUT2D eigenvalue weighted by Crippen LogP contribution is -2.09. The Hall–Kier alpha value is -2.51. The molecule has 8 nitrogen and oxygen atoms in total. The molecular formula is C9H9N5O3. The SMILES string of the molecule is Cc1nc(CNc2nnccc2C(=O)O)no1. The van der Waals surface area contributed by atoms with Crippen molar-refractivity contribution in [2.24, 2.45) is 0 Å². The van der Waals surface area contributed by atoms with Crippen LogP contribution in [0.3, 0.4) is 0 Å². The summed E-state index contributed by atoms with van der Waals surface area (Å²) in [5, 5.41) is 22.7. The van der Waals surface area contributed by atoms with E-state index < -0.39 is 5.97 Å². The van der Waals surface area contributed by atoms with Gasteiger partial charge in [0, 0.05) is 6.92 Å². The number of nitrogens with zero attached hydrogens (tertiary/aromatic N) is 4. The van der Waals surface area contributed by atoms with Crippen molar-refractivity contribution in [3.05, 3.63) is 29.5 Å². The van der Waals surface area contributed by atoms with E-state index in [2.05, 4.69) is 25.7 Å². The molecule has 2 aromatic rings. The van der Waals surface area contributed by atoms with E-state index in [0.29, 0.717) is 11.7 Å². The summed E-state index contributed by atoms with van der Waals surface area (Å²) in [6.07, 6.45) is 1.31. The first-order chi connectivity index (χ1) is 8.16. The lowest BCUT2D eigenvalue weighted by molar-refractivity contribution is 0.0697. The largest absolute Gasteiger partial charge is 0.478 e. The third kappa shape index (κ3) is 2.54. The maximum atomic E-state index is 10.9. The second-order valence-electron chi connectivity index (χ2n) is 3.18. The van der Waals surface area contributed by atoms with Crippen molar-refractivity contribution < 1.29 is 14.4 Å². The minimum Gasteiger partial charge on any atom is -0.478 e. The van der Waals surface area contributed by atoms with Crippen LogP contribution in [0.25, 0.3) is 0 Å². The van der Waals surface area contributed by atoms with Gasteiger partial charge in [-0.2, -0.15) is 10.1 Å². The highest BCUT2D eigenvalue weighted by molar-refractivity contribution is 5.92. The predicted octanol–water partition coefficient (Wildman–Crippen LogP) is 0.478. The first-order valence-electron chi connectivity index (χ1n) is 4.75. The van der Waals surface area contributed by atoms with Crippen LogP contribution in [-0.2, 0) is 6.54 Å². The molecule has 0 saturated heterocycles. The monoisotopic (exact) mass is 235 g/mol. The zero-order valence-electron chi connectivity index (χ0n) is 8.91. The number of carbonyl (C=O) groups is 1. The second-order valence-corrected chi connectivity index (χ2v) is 3.18. The van der Waals surface area contributed by atoms with Crippen molar-refractivity contribution in [1.82, 2.24) is 20.3 Å². The van der Waals surface area contributed by atoms with Crippen molar-refractivity contribution in [2.75, 3.05) is 5.32 Å². The average Bonchev–Trinajstić information content (AvgIpc) is 2.73. The Labute approximate surface area is 95.7 Å². The number of aromatic nitrogens is 4. The van der Waals surface area contributed by atoms with Crippen LogP contribution in [-0.4, -0.2) is 31.4 Å². The average molecular weight is 235 g/mol. The molecule has 17 heavy (non-hydrogen) atoms. The summed E-state index contributed by atoms with van der Waals surface area (Å²) in [4.78, 5) is 14.8. The first-order valence-corrected chi connectivity index (χ1v) is 4.75. The molecule has 2 heterocycles. The third-order valence-electron chi connectivity index (χ3n) is 1.93. The van der Waals surface area contributed by atoms with Crippen LogP contribution in [0.1, 0.15) is 22.1 Å². The smallest absolute Gasteiger partial charge is 0.339 e. The lowest BCUT2D eigenvalue weighted by Gasteiger charge is -2.04. The van der Waals surface area contributed by atoms with Crippen LogP contribution in [0.5, 0.6) is 0 Å². The molecule has 0 bridgehead atoms. The number of anilines is 1. The molecule has 0 aliphatic heterocycles. The summed E-state index contributed by atoms with van der Waals surface area (Å²) in [6.45, 7) is 1.89. The van der Waals surface area contributed by atoms with E-state index in [1.807, 2.05) is 0 Å². The first kappa shape index (κ1) is 11.0. The summed E-state index contributed by atoms with van der Waals surface area (Å²) in [5.41, 5.74) is 0.0419. The van der Waals surface area contributed by atoms with Gasteiger partial charge in [-0.25, -0.2) is 4.79 Å². The Morgan fingerprint density at radius 1 is 1.59 bits per heavy atom. The molecule has 2 N–H and O–H groups in total. The van der Waals surface area contributed by atoms with Crippen LogP contribution in [0.2, 0.25) is 0 Å². The Bertz CT molecular complexity index is 539. The van der Waals surface area contributed by atoms with Crippen LogP contribution in [0, 0.1) is 6.92 Å². The van der Waals surface area contributed by atoms with Crippen LogP contribution >= 0.6 is 0 Å². The van der Waals surface area contributed by atoms with Crippen molar-refractivity contribution in [2.45, 2.75) is 13.5 Å². The Morgan fingerprint density at radius 2 is 2.41 bits per heavy atom. The molecule has 0 radical (unpaired) electrons. The van der Waals surface area contributed by atoms with Gasteiger partial charge in [-0.3, -0.25) is 0 Å². The maximum Gasteiger partial charge on any atom is 0.339 e. The molecule has 2 rings (SSSR count). The van der Waals surface area contributed by atoms with E-state index in [1.54, 1.807) is 6.92 Å². The van der Waals surface area contributed by atoms with E-state index in [-0.39, 0.29) is 17.9 Å². The van der Waals surface area contributed by atoms with Gasteiger partial charge in [-0.15, -0.1) is 5.10 Å². The molecule has 0 unspecified atom stereocenters. The zero-order valence-corrected chi connectivity index (χ0v) is 8.91. The maximum absolute atomic E-state index is 10.9. The highest BCUT2D eigenvalue weighted by Crippen LogP contribution is 2.10. The van der Waals surface area contributed by atoms with E-state index in [1.165, 1.54) is 12.3 Å². The Kier molecular flexibility index (Phi) is 2.95. The lowest BCUT2D eigenvalue weighted by atomic mass is 10.3. The van der Waals surface area contributed by atoms with Gasteiger partial charge in [0.15, 0.2) is 11.6 Å². The van der Waals surface area contributed by atoms with Crippen molar-refractivity contribution in [1.29, 1.82) is 0 Å². The van der Waals surface area contributed by atoms with E-state index >= 15 is 0 Å². The van der Waals surface area contributed by atoms with Crippen LogP contribution < -0.4 is 5.32 Å². The van der Waals surface area contributed by atoms with Gasteiger partial charge in [-0.05, 0) is 6.07 Å². The number of nitrogens with one attached hydrogen (secondary N) is 1. The second kappa shape index (κ2) is 4.56. The van der Waals surface area contributed by atoms with Crippen molar-refractivity contribution in [3.63, 3.8) is 0 Å². The number of rotatable bonds is 4. The fourth-order valence-electron chi connectivity index (χ4n) is 1.21. The Balaban J connectivity index is 2.11. The van der Waals surface area contributed by atoms with Gasteiger partial charge in [0.2, 0.25) is 5.89 Å². The van der Waals surface area contributed by atoms with Gasteiger partial charge in [0.05, 0.1) is 12.7 Å². The number of carboxylic acids is 1. The van der Waals surface area contributed by atoms with Crippen LogP contribution in [0.4, 0.5) is 5.82 Å². The van der Waals surface area contributed by atoms with Gasteiger partial charge in [0.25, 0.3) is 0 Å².